The number of amides is 1. The minimum atomic E-state index is -0.988. The predicted octanol–water partition coefficient (Wildman–Crippen LogP) is 3.42. The Hall–Kier alpha value is -2.14. The second-order valence-corrected chi connectivity index (χ2v) is 5.14. The molecule has 20 heavy (non-hydrogen) atoms. The van der Waals surface area contributed by atoms with Crippen LogP contribution in [-0.4, -0.2) is 24.0 Å². The third-order valence-electron chi connectivity index (χ3n) is 2.90. The molecule has 0 aliphatic rings. The predicted molar refractivity (Wildman–Crippen MR) is 80.3 cm³/mol. The molecule has 102 valence electrons. The van der Waals surface area contributed by atoms with Crippen molar-refractivity contribution in [3.8, 4) is 0 Å². The van der Waals surface area contributed by atoms with E-state index in [1.807, 2.05) is 0 Å². The lowest BCUT2D eigenvalue weighted by Gasteiger charge is -2.17. The van der Waals surface area contributed by atoms with Crippen LogP contribution in [0.4, 0.5) is 5.69 Å². The number of aromatic carboxylic acids is 1. The van der Waals surface area contributed by atoms with Crippen molar-refractivity contribution in [2.45, 2.75) is 0 Å². The van der Waals surface area contributed by atoms with Crippen molar-refractivity contribution in [1.29, 1.82) is 0 Å². The van der Waals surface area contributed by atoms with Crippen LogP contribution >= 0.6 is 15.9 Å². The summed E-state index contributed by atoms with van der Waals surface area (Å²) in [6.45, 7) is 0. The van der Waals surface area contributed by atoms with E-state index in [-0.39, 0.29) is 11.5 Å². The molecule has 2 aromatic rings. The molecule has 2 rings (SSSR count). The maximum absolute atomic E-state index is 12.3. The third-order valence-corrected chi connectivity index (χ3v) is 3.43. The summed E-state index contributed by atoms with van der Waals surface area (Å²) < 4.78 is 0.905. The van der Waals surface area contributed by atoms with Gasteiger partial charge in [0.1, 0.15) is 0 Å². The molecular weight excluding hydrogens is 322 g/mol. The lowest BCUT2D eigenvalue weighted by atomic mass is 10.1. The first-order valence-corrected chi connectivity index (χ1v) is 6.65. The fourth-order valence-electron chi connectivity index (χ4n) is 1.73. The number of rotatable bonds is 3. The molecule has 0 bridgehead atoms. The maximum atomic E-state index is 12.3. The highest BCUT2D eigenvalue weighted by Crippen LogP contribution is 2.18. The van der Waals surface area contributed by atoms with Crippen molar-refractivity contribution in [3.63, 3.8) is 0 Å². The number of benzene rings is 2. The van der Waals surface area contributed by atoms with Crippen LogP contribution < -0.4 is 4.90 Å². The smallest absolute Gasteiger partial charge is 0.335 e. The van der Waals surface area contributed by atoms with Gasteiger partial charge in [-0.25, -0.2) is 4.79 Å². The molecule has 5 heteroatoms. The van der Waals surface area contributed by atoms with Gasteiger partial charge in [0.05, 0.1) is 5.56 Å². The first kappa shape index (κ1) is 14.3. The van der Waals surface area contributed by atoms with Gasteiger partial charge in [-0.1, -0.05) is 15.9 Å². The van der Waals surface area contributed by atoms with Gasteiger partial charge in [0.2, 0.25) is 0 Å². The Morgan fingerprint density at radius 3 is 1.95 bits per heavy atom. The zero-order valence-corrected chi connectivity index (χ0v) is 12.3. The molecule has 2 aromatic carbocycles. The molecule has 4 nitrogen and oxygen atoms in total. The number of halogens is 1. The zero-order chi connectivity index (χ0) is 14.7. The lowest BCUT2D eigenvalue weighted by molar-refractivity contribution is 0.0696. The summed E-state index contributed by atoms with van der Waals surface area (Å²) in [5, 5.41) is 8.84. The Balaban J connectivity index is 2.22. The molecular formula is C15H12BrNO3. The Morgan fingerprint density at radius 1 is 0.950 bits per heavy atom. The van der Waals surface area contributed by atoms with Gasteiger partial charge >= 0.3 is 5.97 Å². The summed E-state index contributed by atoms with van der Waals surface area (Å²) in [5.74, 6) is -1.14. The fraction of sp³-hybridized carbons (Fsp3) is 0.0667. The first-order chi connectivity index (χ1) is 9.49. The average Bonchev–Trinajstić information content (AvgIpc) is 2.46. The number of hydrogen-bond acceptors (Lipinski definition) is 2. The van der Waals surface area contributed by atoms with Crippen molar-refractivity contribution in [3.05, 3.63) is 64.1 Å². The number of carboxylic acids is 1. The monoisotopic (exact) mass is 333 g/mol. The summed E-state index contributed by atoms with van der Waals surface area (Å²) >= 11 is 3.32. The van der Waals surface area contributed by atoms with E-state index >= 15 is 0 Å². The standard InChI is InChI=1S/C15H12BrNO3/c1-17(13-8-4-11(5-9-13)15(19)20)14(18)10-2-6-12(16)7-3-10/h2-9H,1H3,(H,19,20). The van der Waals surface area contributed by atoms with E-state index in [2.05, 4.69) is 15.9 Å². The second kappa shape index (κ2) is 5.88. The Kier molecular flexibility index (Phi) is 4.20. The largest absolute Gasteiger partial charge is 0.478 e. The summed E-state index contributed by atoms with van der Waals surface area (Å²) in [6, 6.07) is 13.2. The minimum absolute atomic E-state index is 0.152. The van der Waals surface area contributed by atoms with Crippen LogP contribution in [0.25, 0.3) is 0 Å². The number of carbonyl (C=O) groups excluding carboxylic acids is 1. The van der Waals surface area contributed by atoms with E-state index in [1.165, 1.54) is 17.0 Å². The van der Waals surface area contributed by atoms with E-state index < -0.39 is 5.97 Å². The molecule has 0 unspecified atom stereocenters. The third kappa shape index (κ3) is 3.05. The van der Waals surface area contributed by atoms with Crippen LogP contribution in [0.15, 0.2) is 53.0 Å². The Morgan fingerprint density at radius 2 is 1.45 bits per heavy atom. The molecule has 0 fully saturated rings. The molecule has 0 radical (unpaired) electrons. The normalized spacial score (nSPS) is 10.1. The van der Waals surface area contributed by atoms with Gasteiger partial charge in [0.15, 0.2) is 0 Å². The minimum Gasteiger partial charge on any atom is -0.478 e. The van der Waals surface area contributed by atoms with Crippen molar-refractivity contribution in [1.82, 2.24) is 0 Å². The van der Waals surface area contributed by atoms with Gasteiger partial charge in [-0.2, -0.15) is 0 Å². The molecule has 0 aliphatic heterocycles. The summed E-state index contributed by atoms with van der Waals surface area (Å²) in [5.41, 5.74) is 1.40. The SMILES string of the molecule is CN(C(=O)c1ccc(Br)cc1)c1ccc(C(=O)O)cc1. The fourth-order valence-corrected chi connectivity index (χ4v) is 2.00. The Bertz CT molecular complexity index is 635. The molecule has 1 N–H and O–H groups in total. The quantitative estimate of drug-likeness (QED) is 0.936. The van der Waals surface area contributed by atoms with Gasteiger partial charge < -0.3 is 10.0 Å². The summed E-state index contributed by atoms with van der Waals surface area (Å²) in [4.78, 5) is 24.5. The van der Waals surface area contributed by atoms with E-state index in [1.54, 1.807) is 43.4 Å². The van der Waals surface area contributed by atoms with Crippen LogP contribution in [0.1, 0.15) is 20.7 Å². The van der Waals surface area contributed by atoms with Crippen molar-refractivity contribution in [2.75, 3.05) is 11.9 Å². The maximum Gasteiger partial charge on any atom is 0.335 e. The van der Waals surface area contributed by atoms with E-state index in [4.69, 9.17) is 5.11 Å². The average molecular weight is 334 g/mol. The summed E-state index contributed by atoms with van der Waals surface area (Å²) in [7, 11) is 1.65. The van der Waals surface area contributed by atoms with Gasteiger partial charge in [0.25, 0.3) is 5.91 Å². The van der Waals surface area contributed by atoms with Gasteiger partial charge in [-0.05, 0) is 48.5 Å². The highest BCUT2D eigenvalue weighted by molar-refractivity contribution is 9.10. The Labute approximate surface area is 124 Å². The van der Waals surface area contributed by atoms with Crippen LogP contribution in [0, 0.1) is 0 Å². The number of nitrogens with zero attached hydrogens (tertiary/aromatic N) is 1. The van der Waals surface area contributed by atoms with Crippen LogP contribution in [0.5, 0.6) is 0 Å². The van der Waals surface area contributed by atoms with Crippen LogP contribution in [0.2, 0.25) is 0 Å². The van der Waals surface area contributed by atoms with Gasteiger partial charge in [-0.3, -0.25) is 4.79 Å². The van der Waals surface area contributed by atoms with E-state index in [0.717, 1.165) is 4.47 Å². The van der Waals surface area contributed by atoms with Crippen molar-refractivity contribution < 1.29 is 14.7 Å². The van der Waals surface area contributed by atoms with Gasteiger partial charge in [0, 0.05) is 22.8 Å². The van der Waals surface area contributed by atoms with E-state index in [0.29, 0.717) is 11.3 Å². The highest BCUT2D eigenvalue weighted by atomic mass is 79.9. The molecule has 0 atom stereocenters. The molecule has 0 aliphatic carbocycles. The first-order valence-electron chi connectivity index (χ1n) is 5.86. The van der Waals surface area contributed by atoms with Crippen molar-refractivity contribution in [2.24, 2.45) is 0 Å². The topological polar surface area (TPSA) is 57.6 Å². The number of hydrogen-bond donors (Lipinski definition) is 1. The van der Waals surface area contributed by atoms with Crippen molar-refractivity contribution >= 4 is 33.5 Å². The highest BCUT2D eigenvalue weighted by Gasteiger charge is 2.13. The second-order valence-electron chi connectivity index (χ2n) is 4.22. The molecule has 0 saturated heterocycles. The van der Waals surface area contributed by atoms with Crippen LogP contribution in [-0.2, 0) is 0 Å². The lowest BCUT2D eigenvalue weighted by Crippen LogP contribution is -2.26. The molecule has 0 spiro atoms. The van der Waals surface area contributed by atoms with E-state index in [9.17, 15) is 9.59 Å². The number of anilines is 1. The molecule has 0 aromatic heterocycles. The van der Waals surface area contributed by atoms with Crippen LogP contribution in [0.3, 0.4) is 0 Å². The summed E-state index contributed by atoms with van der Waals surface area (Å²) in [6.07, 6.45) is 0. The molecule has 0 heterocycles. The number of carbonyl (C=O) groups is 2. The zero-order valence-electron chi connectivity index (χ0n) is 10.7. The number of carboxylic acid groups (broad SMARTS) is 1. The molecule has 1 amide bonds. The molecule has 0 saturated carbocycles. The van der Waals surface area contributed by atoms with Gasteiger partial charge in [-0.15, -0.1) is 0 Å².